The van der Waals surface area contributed by atoms with E-state index in [1.165, 1.54) is 18.3 Å². The van der Waals surface area contributed by atoms with Crippen LogP contribution >= 0.6 is 0 Å². The molecule has 1 aromatic rings. The third-order valence-electron chi connectivity index (χ3n) is 2.04. The van der Waals surface area contributed by atoms with E-state index in [0.717, 1.165) is 6.54 Å². The summed E-state index contributed by atoms with van der Waals surface area (Å²) in [5.41, 5.74) is 2.40. The van der Waals surface area contributed by atoms with Crippen molar-refractivity contribution < 1.29 is 9.53 Å². The number of carbonyl (C=O) groups excluding carboxylic acids is 1. The Labute approximate surface area is 78.3 Å². The van der Waals surface area contributed by atoms with Crippen molar-refractivity contribution in [3.63, 3.8) is 0 Å². The van der Waals surface area contributed by atoms with Gasteiger partial charge in [0.25, 0.3) is 0 Å². The molecule has 1 aromatic heterocycles. The Kier molecular flexibility index (Phi) is 3.12. The minimum atomic E-state index is -0.220. The standard InChI is InChI=1S/C10H15NO2/c1-8-4-5-9(2)11(8)6-7-13-10(3)12/h4-5H,6-7H2,1-3H3. The molecule has 1 rings (SSSR count). The molecule has 0 N–H and O–H groups in total. The average molecular weight is 181 g/mol. The number of hydrogen-bond donors (Lipinski definition) is 0. The minimum absolute atomic E-state index is 0.220. The van der Waals surface area contributed by atoms with Gasteiger partial charge in [-0.2, -0.15) is 0 Å². The molecule has 0 amide bonds. The Balaban J connectivity index is 2.49. The summed E-state index contributed by atoms with van der Waals surface area (Å²) in [4.78, 5) is 10.5. The topological polar surface area (TPSA) is 31.2 Å². The van der Waals surface area contributed by atoms with Crippen LogP contribution in [0.2, 0.25) is 0 Å². The molecule has 0 aromatic carbocycles. The number of rotatable bonds is 3. The molecule has 0 saturated heterocycles. The molecule has 0 atom stereocenters. The van der Waals surface area contributed by atoms with Crippen LogP contribution in [-0.2, 0) is 16.1 Å². The molecule has 0 bridgehead atoms. The third-order valence-corrected chi connectivity index (χ3v) is 2.04. The highest BCUT2D eigenvalue weighted by molar-refractivity contribution is 5.65. The van der Waals surface area contributed by atoms with Gasteiger partial charge in [-0.05, 0) is 26.0 Å². The number of hydrogen-bond acceptors (Lipinski definition) is 2. The van der Waals surface area contributed by atoms with Crippen LogP contribution in [0.25, 0.3) is 0 Å². The lowest BCUT2D eigenvalue weighted by Crippen LogP contribution is -2.10. The summed E-state index contributed by atoms with van der Waals surface area (Å²) in [6.07, 6.45) is 0. The molecule has 0 radical (unpaired) electrons. The highest BCUT2D eigenvalue weighted by atomic mass is 16.5. The van der Waals surface area contributed by atoms with Gasteiger partial charge in [-0.3, -0.25) is 4.79 Å². The smallest absolute Gasteiger partial charge is 0.302 e. The lowest BCUT2D eigenvalue weighted by atomic mass is 10.5. The van der Waals surface area contributed by atoms with Crippen LogP contribution in [0.5, 0.6) is 0 Å². The van der Waals surface area contributed by atoms with Crippen molar-refractivity contribution in [3.05, 3.63) is 23.5 Å². The highest BCUT2D eigenvalue weighted by Crippen LogP contribution is 2.06. The first-order chi connectivity index (χ1) is 6.11. The van der Waals surface area contributed by atoms with E-state index in [2.05, 4.69) is 16.7 Å². The lowest BCUT2D eigenvalue weighted by molar-refractivity contribution is -0.141. The molecule has 3 nitrogen and oxygen atoms in total. The Hall–Kier alpha value is -1.25. The quantitative estimate of drug-likeness (QED) is 0.664. The summed E-state index contributed by atoms with van der Waals surface area (Å²) in [5, 5.41) is 0. The predicted octanol–water partition coefficient (Wildman–Crippen LogP) is 1.67. The fourth-order valence-electron chi connectivity index (χ4n) is 1.33. The van der Waals surface area contributed by atoms with Crippen LogP contribution in [0.4, 0.5) is 0 Å². The molecular formula is C10H15NO2. The maximum atomic E-state index is 10.5. The maximum absolute atomic E-state index is 10.5. The largest absolute Gasteiger partial charge is 0.464 e. The first kappa shape index (κ1) is 9.84. The molecular weight excluding hydrogens is 166 g/mol. The second-order valence-electron chi connectivity index (χ2n) is 3.11. The van der Waals surface area contributed by atoms with E-state index >= 15 is 0 Å². The summed E-state index contributed by atoms with van der Waals surface area (Å²) in [6, 6.07) is 4.12. The zero-order valence-corrected chi connectivity index (χ0v) is 8.33. The van der Waals surface area contributed by atoms with Gasteiger partial charge in [0, 0.05) is 18.3 Å². The van der Waals surface area contributed by atoms with Gasteiger partial charge < -0.3 is 9.30 Å². The van der Waals surface area contributed by atoms with Crippen LogP contribution in [0.15, 0.2) is 12.1 Å². The zero-order chi connectivity index (χ0) is 9.84. The number of aromatic nitrogens is 1. The first-order valence-electron chi connectivity index (χ1n) is 4.37. The molecule has 13 heavy (non-hydrogen) atoms. The third kappa shape index (κ3) is 2.61. The van der Waals surface area contributed by atoms with Gasteiger partial charge >= 0.3 is 5.97 Å². The summed E-state index contributed by atoms with van der Waals surface area (Å²) in [7, 11) is 0. The number of ether oxygens (including phenoxy) is 1. The van der Waals surface area contributed by atoms with E-state index in [1.54, 1.807) is 0 Å². The van der Waals surface area contributed by atoms with Crippen molar-refractivity contribution in [1.29, 1.82) is 0 Å². The van der Waals surface area contributed by atoms with Gasteiger partial charge in [-0.25, -0.2) is 0 Å². The van der Waals surface area contributed by atoms with Gasteiger partial charge in [0.2, 0.25) is 0 Å². The second kappa shape index (κ2) is 4.12. The van der Waals surface area contributed by atoms with Crippen LogP contribution in [0.3, 0.4) is 0 Å². The van der Waals surface area contributed by atoms with Crippen molar-refractivity contribution >= 4 is 5.97 Å². The predicted molar refractivity (Wildman–Crippen MR) is 50.5 cm³/mol. The van der Waals surface area contributed by atoms with Crippen molar-refractivity contribution in [3.8, 4) is 0 Å². The van der Waals surface area contributed by atoms with Crippen LogP contribution in [0, 0.1) is 13.8 Å². The Morgan fingerprint density at radius 3 is 2.38 bits per heavy atom. The molecule has 0 fully saturated rings. The first-order valence-corrected chi connectivity index (χ1v) is 4.37. The van der Waals surface area contributed by atoms with Gasteiger partial charge in [0.15, 0.2) is 0 Å². The minimum Gasteiger partial charge on any atom is -0.464 e. The molecule has 0 aliphatic rings. The van der Waals surface area contributed by atoms with Gasteiger partial charge in [0.05, 0.1) is 6.54 Å². The molecule has 72 valence electrons. The number of nitrogens with zero attached hydrogens (tertiary/aromatic N) is 1. The normalized spacial score (nSPS) is 10.1. The van der Waals surface area contributed by atoms with Crippen LogP contribution in [-0.4, -0.2) is 17.1 Å². The van der Waals surface area contributed by atoms with E-state index in [1.807, 2.05) is 13.8 Å². The molecule has 0 aliphatic heterocycles. The van der Waals surface area contributed by atoms with E-state index in [0.29, 0.717) is 6.61 Å². The van der Waals surface area contributed by atoms with E-state index in [9.17, 15) is 4.79 Å². The molecule has 0 aliphatic carbocycles. The maximum Gasteiger partial charge on any atom is 0.302 e. The number of esters is 1. The monoisotopic (exact) mass is 181 g/mol. The Bertz CT molecular complexity index is 282. The summed E-state index contributed by atoms with van der Waals surface area (Å²) >= 11 is 0. The molecule has 0 saturated carbocycles. The number of carbonyl (C=O) groups is 1. The number of aryl methyl sites for hydroxylation is 2. The Morgan fingerprint density at radius 2 is 1.92 bits per heavy atom. The zero-order valence-electron chi connectivity index (χ0n) is 8.33. The summed E-state index contributed by atoms with van der Waals surface area (Å²) < 4.78 is 6.99. The van der Waals surface area contributed by atoms with Gasteiger partial charge in [-0.15, -0.1) is 0 Å². The fourth-order valence-corrected chi connectivity index (χ4v) is 1.33. The molecule has 3 heteroatoms. The lowest BCUT2D eigenvalue weighted by Gasteiger charge is -2.08. The van der Waals surface area contributed by atoms with Crippen molar-refractivity contribution in [1.82, 2.24) is 4.57 Å². The van der Waals surface area contributed by atoms with E-state index in [4.69, 9.17) is 4.74 Å². The van der Waals surface area contributed by atoms with Crippen molar-refractivity contribution in [2.24, 2.45) is 0 Å². The summed E-state index contributed by atoms with van der Waals surface area (Å²) in [6.45, 7) is 6.70. The second-order valence-corrected chi connectivity index (χ2v) is 3.11. The SMILES string of the molecule is CC(=O)OCCn1c(C)ccc1C. The van der Waals surface area contributed by atoms with Crippen molar-refractivity contribution in [2.45, 2.75) is 27.3 Å². The summed E-state index contributed by atoms with van der Waals surface area (Å²) in [5.74, 6) is -0.220. The Morgan fingerprint density at radius 1 is 1.38 bits per heavy atom. The van der Waals surface area contributed by atoms with Gasteiger partial charge in [0.1, 0.15) is 6.61 Å². The molecule has 0 unspecified atom stereocenters. The van der Waals surface area contributed by atoms with Gasteiger partial charge in [-0.1, -0.05) is 0 Å². The van der Waals surface area contributed by atoms with Crippen molar-refractivity contribution in [2.75, 3.05) is 6.61 Å². The average Bonchev–Trinajstić information content (AvgIpc) is 2.34. The highest BCUT2D eigenvalue weighted by Gasteiger charge is 2.00. The molecule has 1 heterocycles. The molecule has 0 spiro atoms. The van der Waals surface area contributed by atoms with E-state index < -0.39 is 0 Å². The van der Waals surface area contributed by atoms with Crippen LogP contribution in [0.1, 0.15) is 18.3 Å². The van der Waals surface area contributed by atoms with Crippen LogP contribution < -0.4 is 0 Å². The van der Waals surface area contributed by atoms with E-state index in [-0.39, 0.29) is 5.97 Å². The fraction of sp³-hybridized carbons (Fsp3) is 0.500.